The molecule has 1 aromatic heterocycles. The summed E-state index contributed by atoms with van der Waals surface area (Å²) in [6.07, 6.45) is 4.29. The van der Waals surface area contributed by atoms with Gasteiger partial charge in [0.2, 0.25) is 0 Å². The summed E-state index contributed by atoms with van der Waals surface area (Å²) in [6.45, 7) is 10.2. The lowest BCUT2D eigenvalue weighted by Crippen LogP contribution is -2.41. The van der Waals surface area contributed by atoms with Gasteiger partial charge in [0.15, 0.2) is 5.96 Å². The van der Waals surface area contributed by atoms with Gasteiger partial charge >= 0.3 is 0 Å². The van der Waals surface area contributed by atoms with E-state index in [1.54, 1.807) is 6.26 Å². The van der Waals surface area contributed by atoms with Crippen LogP contribution in [0.15, 0.2) is 27.8 Å². The number of hydrogen-bond donors (Lipinski definition) is 2. The van der Waals surface area contributed by atoms with Crippen LogP contribution in [0.2, 0.25) is 0 Å². The standard InChI is InChI=1S/C16H28N4O.HI/c1-4-17-16(19-13(2)3)18-12-14(15-8-7-11-21-15)20-9-5-6-10-20;/h7-8,11,13-14H,4-6,9-10,12H2,1-3H3,(H2,17,18,19);1H. The first-order chi connectivity index (χ1) is 10.2. The topological polar surface area (TPSA) is 52.8 Å². The summed E-state index contributed by atoms with van der Waals surface area (Å²) in [4.78, 5) is 7.22. The summed E-state index contributed by atoms with van der Waals surface area (Å²) >= 11 is 0. The predicted molar refractivity (Wildman–Crippen MR) is 102 cm³/mol. The third kappa shape index (κ3) is 5.79. The lowest BCUT2D eigenvalue weighted by Gasteiger charge is -2.25. The van der Waals surface area contributed by atoms with Crippen molar-refractivity contribution < 1.29 is 4.42 Å². The fourth-order valence-electron chi connectivity index (χ4n) is 2.69. The van der Waals surface area contributed by atoms with Crippen molar-refractivity contribution in [2.75, 3.05) is 26.2 Å². The third-order valence-corrected chi connectivity index (χ3v) is 3.64. The molecule has 0 radical (unpaired) electrons. The minimum absolute atomic E-state index is 0. The van der Waals surface area contributed by atoms with Gasteiger partial charge in [-0.15, -0.1) is 24.0 Å². The Morgan fingerprint density at radius 1 is 1.36 bits per heavy atom. The fraction of sp³-hybridized carbons (Fsp3) is 0.688. The van der Waals surface area contributed by atoms with Crippen LogP contribution in [0.25, 0.3) is 0 Å². The highest BCUT2D eigenvalue weighted by Crippen LogP contribution is 2.25. The molecule has 126 valence electrons. The molecule has 2 rings (SSSR count). The normalized spacial score (nSPS) is 17.4. The number of nitrogens with one attached hydrogen (secondary N) is 2. The van der Waals surface area contributed by atoms with Crippen molar-refractivity contribution in [3.63, 3.8) is 0 Å². The van der Waals surface area contributed by atoms with Crippen molar-refractivity contribution in [1.82, 2.24) is 15.5 Å². The minimum atomic E-state index is 0. The van der Waals surface area contributed by atoms with Crippen molar-refractivity contribution in [3.05, 3.63) is 24.2 Å². The molecule has 0 aliphatic carbocycles. The smallest absolute Gasteiger partial charge is 0.191 e. The number of halogens is 1. The van der Waals surface area contributed by atoms with Crippen LogP contribution < -0.4 is 10.6 Å². The zero-order valence-corrected chi connectivity index (χ0v) is 16.2. The van der Waals surface area contributed by atoms with Gasteiger partial charge in [0, 0.05) is 12.6 Å². The van der Waals surface area contributed by atoms with Crippen molar-refractivity contribution in [1.29, 1.82) is 0 Å². The van der Waals surface area contributed by atoms with Gasteiger partial charge in [0.1, 0.15) is 5.76 Å². The zero-order valence-electron chi connectivity index (χ0n) is 13.8. The molecule has 1 aliphatic heterocycles. The Bertz CT molecular complexity index is 427. The number of rotatable bonds is 6. The van der Waals surface area contributed by atoms with Crippen molar-refractivity contribution >= 4 is 29.9 Å². The summed E-state index contributed by atoms with van der Waals surface area (Å²) in [5, 5.41) is 6.66. The summed E-state index contributed by atoms with van der Waals surface area (Å²) in [7, 11) is 0. The van der Waals surface area contributed by atoms with Gasteiger partial charge in [-0.1, -0.05) is 0 Å². The zero-order chi connectivity index (χ0) is 15.1. The highest BCUT2D eigenvalue weighted by molar-refractivity contribution is 14.0. The molecule has 22 heavy (non-hydrogen) atoms. The average molecular weight is 420 g/mol. The van der Waals surface area contributed by atoms with E-state index in [-0.39, 0.29) is 30.0 Å². The number of likely N-dealkylation sites (tertiary alicyclic amines) is 1. The average Bonchev–Trinajstić information content (AvgIpc) is 3.11. The highest BCUT2D eigenvalue weighted by atomic mass is 127. The van der Waals surface area contributed by atoms with Crippen LogP contribution in [-0.4, -0.2) is 43.1 Å². The maximum atomic E-state index is 5.63. The molecule has 0 bridgehead atoms. The molecule has 1 fully saturated rings. The van der Waals surface area contributed by atoms with Crippen molar-refractivity contribution in [2.45, 2.75) is 45.7 Å². The molecule has 1 unspecified atom stereocenters. The van der Waals surface area contributed by atoms with Gasteiger partial charge in [0.25, 0.3) is 0 Å². The van der Waals surface area contributed by atoms with Crippen LogP contribution in [0.1, 0.15) is 45.4 Å². The van der Waals surface area contributed by atoms with Gasteiger partial charge in [-0.25, -0.2) is 0 Å². The molecule has 6 heteroatoms. The number of nitrogens with zero attached hydrogens (tertiary/aromatic N) is 2. The van der Waals surface area contributed by atoms with Crippen LogP contribution in [0.5, 0.6) is 0 Å². The van der Waals surface area contributed by atoms with Crippen LogP contribution in [0, 0.1) is 0 Å². The Morgan fingerprint density at radius 2 is 2.09 bits per heavy atom. The second kappa shape index (κ2) is 10.1. The first kappa shape index (κ1) is 19.3. The number of furan rings is 1. The van der Waals surface area contributed by atoms with E-state index in [9.17, 15) is 0 Å². The first-order valence-corrected chi connectivity index (χ1v) is 8.03. The fourth-order valence-corrected chi connectivity index (χ4v) is 2.69. The summed E-state index contributed by atoms with van der Waals surface area (Å²) in [5.74, 6) is 1.89. The molecule has 5 nitrogen and oxygen atoms in total. The number of guanidine groups is 1. The Balaban J connectivity index is 0.00000242. The van der Waals surface area contributed by atoms with Crippen molar-refractivity contribution in [3.8, 4) is 0 Å². The van der Waals surface area contributed by atoms with Gasteiger partial charge in [-0.2, -0.15) is 0 Å². The Hall–Kier alpha value is -0.760. The van der Waals surface area contributed by atoms with Gasteiger partial charge < -0.3 is 15.1 Å². The molecular formula is C16H29IN4O. The molecule has 2 N–H and O–H groups in total. The molecule has 0 aromatic carbocycles. The van der Waals surface area contributed by atoms with Crippen LogP contribution in [-0.2, 0) is 0 Å². The predicted octanol–water partition coefficient (Wildman–Crippen LogP) is 3.00. The van der Waals surface area contributed by atoms with E-state index in [2.05, 4.69) is 42.4 Å². The molecule has 1 aliphatic rings. The summed E-state index contributed by atoms with van der Waals surface area (Å²) < 4.78 is 5.63. The SMILES string of the molecule is CCNC(=NCC(c1ccco1)N1CCCC1)NC(C)C.I. The van der Waals surface area contributed by atoms with E-state index in [0.717, 1.165) is 37.9 Å². The van der Waals surface area contributed by atoms with E-state index in [0.29, 0.717) is 6.04 Å². The lowest BCUT2D eigenvalue weighted by molar-refractivity contribution is 0.221. The Morgan fingerprint density at radius 3 is 2.64 bits per heavy atom. The van der Waals surface area contributed by atoms with Gasteiger partial charge in [-0.3, -0.25) is 9.89 Å². The van der Waals surface area contributed by atoms with Crippen LogP contribution >= 0.6 is 24.0 Å². The second-order valence-electron chi connectivity index (χ2n) is 5.79. The Kier molecular flexibility index (Phi) is 8.85. The van der Waals surface area contributed by atoms with Gasteiger partial charge in [0.05, 0.1) is 18.8 Å². The van der Waals surface area contributed by atoms with E-state index in [1.165, 1.54) is 12.8 Å². The van der Waals surface area contributed by atoms with Gasteiger partial charge in [-0.05, 0) is 58.8 Å². The second-order valence-corrected chi connectivity index (χ2v) is 5.79. The molecule has 0 amide bonds. The largest absolute Gasteiger partial charge is 0.468 e. The molecule has 2 heterocycles. The number of hydrogen-bond acceptors (Lipinski definition) is 3. The number of aliphatic imine (C=N–C) groups is 1. The van der Waals surface area contributed by atoms with Crippen molar-refractivity contribution in [2.24, 2.45) is 4.99 Å². The monoisotopic (exact) mass is 420 g/mol. The van der Waals surface area contributed by atoms with Crippen LogP contribution in [0.4, 0.5) is 0 Å². The molecule has 1 saturated heterocycles. The van der Waals surface area contributed by atoms with E-state index < -0.39 is 0 Å². The molecular weight excluding hydrogens is 391 g/mol. The molecule has 1 atom stereocenters. The Labute approximate surface area is 150 Å². The van der Waals surface area contributed by atoms with E-state index in [1.807, 2.05) is 6.07 Å². The first-order valence-electron chi connectivity index (χ1n) is 8.03. The van der Waals surface area contributed by atoms with E-state index >= 15 is 0 Å². The maximum Gasteiger partial charge on any atom is 0.191 e. The maximum absolute atomic E-state index is 5.63. The molecule has 1 aromatic rings. The summed E-state index contributed by atoms with van der Waals surface area (Å²) in [6, 6.07) is 4.63. The molecule has 0 saturated carbocycles. The quantitative estimate of drug-likeness (QED) is 0.422. The minimum Gasteiger partial charge on any atom is -0.468 e. The van der Waals surface area contributed by atoms with E-state index in [4.69, 9.17) is 9.41 Å². The van der Waals surface area contributed by atoms with Crippen LogP contribution in [0.3, 0.4) is 0 Å². The lowest BCUT2D eigenvalue weighted by atomic mass is 10.2. The highest BCUT2D eigenvalue weighted by Gasteiger charge is 2.25. The summed E-state index contributed by atoms with van der Waals surface area (Å²) in [5.41, 5.74) is 0. The third-order valence-electron chi connectivity index (χ3n) is 3.64. The molecule has 0 spiro atoms.